The standard InChI is InChI=1S/C17H21FN2O/c1-12(2)13-6-7-16(21)20(9-8-13)11-15-5-3-4-14(10-19)17(15)18/h3-5,12-13H,6-9,11H2,1-2H3. The van der Waals surface area contributed by atoms with Gasteiger partial charge in [0.2, 0.25) is 5.91 Å². The van der Waals surface area contributed by atoms with Gasteiger partial charge in [-0.05, 0) is 30.7 Å². The van der Waals surface area contributed by atoms with Crippen LogP contribution in [-0.2, 0) is 11.3 Å². The lowest BCUT2D eigenvalue weighted by Gasteiger charge is -2.22. The third-order valence-electron chi connectivity index (χ3n) is 4.35. The molecule has 1 fully saturated rings. The Labute approximate surface area is 125 Å². The first kappa shape index (κ1) is 15.5. The first-order valence-electron chi connectivity index (χ1n) is 7.48. The second kappa shape index (κ2) is 6.71. The Balaban J connectivity index is 2.12. The summed E-state index contributed by atoms with van der Waals surface area (Å²) in [6, 6.07) is 6.61. The van der Waals surface area contributed by atoms with Crippen molar-refractivity contribution in [3.8, 4) is 6.07 Å². The summed E-state index contributed by atoms with van der Waals surface area (Å²) in [6.45, 7) is 5.28. The molecule has 1 amide bonds. The Morgan fingerprint density at radius 2 is 2.19 bits per heavy atom. The molecular weight excluding hydrogens is 267 g/mol. The number of rotatable bonds is 3. The van der Waals surface area contributed by atoms with E-state index in [9.17, 15) is 9.18 Å². The van der Waals surface area contributed by atoms with Crippen molar-refractivity contribution in [2.24, 2.45) is 11.8 Å². The minimum atomic E-state index is -0.502. The van der Waals surface area contributed by atoms with Gasteiger partial charge in [-0.3, -0.25) is 4.79 Å². The molecule has 1 heterocycles. The summed E-state index contributed by atoms with van der Waals surface area (Å²) in [6.07, 6.45) is 2.40. The molecule has 0 bridgehead atoms. The van der Waals surface area contributed by atoms with Crippen LogP contribution in [0.4, 0.5) is 4.39 Å². The number of amides is 1. The van der Waals surface area contributed by atoms with Gasteiger partial charge in [-0.25, -0.2) is 4.39 Å². The zero-order valence-electron chi connectivity index (χ0n) is 12.6. The summed E-state index contributed by atoms with van der Waals surface area (Å²) in [5.74, 6) is 0.697. The van der Waals surface area contributed by atoms with Gasteiger partial charge in [-0.2, -0.15) is 5.26 Å². The van der Waals surface area contributed by atoms with Crippen molar-refractivity contribution in [2.75, 3.05) is 6.54 Å². The molecule has 2 rings (SSSR count). The van der Waals surface area contributed by atoms with Crippen molar-refractivity contribution in [3.63, 3.8) is 0 Å². The van der Waals surface area contributed by atoms with Crippen LogP contribution in [0.15, 0.2) is 18.2 Å². The molecule has 0 spiro atoms. The van der Waals surface area contributed by atoms with Gasteiger partial charge in [-0.15, -0.1) is 0 Å². The molecule has 1 aliphatic heterocycles. The van der Waals surface area contributed by atoms with Gasteiger partial charge in [0.1, 0.15) is 11.9 Å². The van der Waals surface area contributed by atoms with Gasteiger partial charge in [0, 0.05) is 25.1 Å². The van der Waals surface area contributed by atoms with Gasteiger partial charge in [0.15, 0.2) is 0 Å². The molecule has 0 N–H and O–H groups in total. The number of carbonyl (C=O) groups excluding carboxylic acids is 1. The highest BCUT2D eigenvalue weighted by Gasteiger charge is 2.25. The summed E-state index contributed by atoms with van der Waals surface area (Å²) in [4.78, 5) is 13.9. The van der Waals surface area contributed by atoms with Crippen LogP contribution < -0.4 is 0 Å². The van der Waals surface area contributed by atoms with E-state index in [0.717, 1.165) is 12.8 Å². The summed E-state index contributed by atoms with van der Waals surface area (Å²) >= 11 is 0. The van der Waals surface area contributed by atoms with Gasteiger partial charge >= 0.3 is 0 Å². The van der Waals surface area contributed by atoms with E-state index in [1.807, 2.05) is 6.07 Å². The summed E-state index contributed by atoms with van der Waals surface area (Å²) < 4.78 is 14.1. The van der Waals surface area contributed by atoms with E-state index in [1.165, 1.54) is 6.07 Å². The van der Waals surface area contributed by atoms with Crippen molar-refractivity contribution in [3.05, 3.63) is 35.1 Å². The van der Waals surface area contributed by atoms with Crippen LogP contribution in [0.3, 0.4) is 0 Å². The van der Waals surface area contributed by atoms with Crippen LogP contribution in [-0.4, -0.2) is 17.4 Å². The topological polar surface area (TPSA) is 44.1 Å². The van der Waals surface area contributed by atoms with Crippen LogP contribution in [0.25, 0.3) is 0 Å². The van der Waals surface area contributed by atoms with E-state index in [0.29, 0.717) is 30.4 Å². The van der Waals surface area contributed by atoms with Crippen LogP contribution in [0.1, 0.15) is 44.2 Å². The minimum Gasteiger partial charge on any atom is -0.338 e. The maximum absolute atomic E-state index is 14.1. The molecular formula is C17H21FN2O. The SMILES string of the molecule is CC(C)C1CCC(=O)N(Cc2cccc(C#N)c2F)CC1. The van der Waals surface area contributed by atoms with Crippen molar-refractivity contribution in [2.45, 2.75) is 39.7 Å². The Kier molecular flexibility index (Phi) is 4.95. The maximum Gasteiger partial charge on any atom is 0.222 e. The van der Waals surface area contributed by atoms with E-state index in [1.54, 1.807) is 17.0 Å². The molecule has 0 radical (unpaired) electrons. The highest BCUT2D eigenvalue weighted by atomic mass is 19.1. The number of nitriles is 1. The lowest BCUT2D eigenvalue weighted by Crippen LogP contribution is -2.30. The second-order valence-electron chi connectivity index (χ2n) is 6.04. The monoisotopic (exact) mass is 288 g/mol. The molecule has 0 saturated carbocycles. The molecule has 1 aromatic carbocycles. The second-order valence-corrected chi connectivity index (χ2v) is 6.04. The van der Waals surface area contributed by atoms with Gasteiger partial charge < -0.3 is 4.90 Å². The van der Waals surface area contributed by atoms with E-state index < -0.39 is 5.82 Å². The fourth-order valence-electron chi connectivity index (χ4n) is 2.89. The summed E-state index contributed by atoms with van der Waals surface area (Å²) in [7, 11) is 0. The highest BCUT2D eigenvalue weighted by Crippen LogP contribution is 2.26. The zero-order chi connectivity index (χ0) is 15.4. The average Bonchev–Trinajstić information content (AvgIpc) is 2.64. The molecule has 4 heteroatoms. The first-order chi connectivity index (χ1) is 10.0. The molecule has 0 aliphatic carbocycles. The molecule has 0 aromatic heterocycles. The van der Waals surface area contributed by atoms with E-state index >= 15 is 0 Å². The van der Waals surface area contributed by atoms with Crippen LogP contribution in [0.5, 0.6) is 0 Å². The van der Waals surface area contributed by atoms with Crippen molar-refractivity contribution in [1.29, 1.82) is 5.26 Å². The van der Waals surface area contributed by atoms with Crippen molar-refractivity contribution >= 4 is 5.91 Å². The zero-order valence-corrected chi connectivity index (χ0v) is 12.6. The molecule has 1 aromatic rings. The number of carbonyl (C=O) groups is 1. The van der Waals surface area contributed by atoms with Crippen molar-refractivity contribution in [1.82, 2.24) is 4.90 Å². The average molecular weight is 288 g/mol. The Morgan fingerprint density at radius 1 is 1.43 bits per heavy atom. The fourth-order valence-corrected chi connectivity index (χ4v) is 2.89. The predicted octanol–water partition coefficient (Wildman–Crippen LogP) is 3.48. The largest absolute Gasteiger partial charge is 0.338 e. The lowest BCUT2D eigenvalue weighted by molar-refractivity contribution is -0.131. The molecule has 1 saturated heterocycles. The number of benzene rings is 1. The number of nitrogens with zero attached hydrogens (tertiary/aromatic N) is 2. The first-order valence-corrected chi connectivity index (χ1v) is 7.48. The van der Waals surface area contributed by atoms with Crippen LogP contribution in [0, 0.1) is 29.0 Å². The summed E-state index contributed by atoms with van der Waals surface area (Å²) in [5.41, 5.74) is 0.459. The molecule has 1 unspecified atom stereocenters. The number of likely N-dealkylation sites (tertiary alicyclic amines) is 1. The van der Waals surface area contributed by atoms with Crippen LogP contribution >= 0.6 is 0 Å². The molecule has 1 aliphatic rings. The molecule has 3 nitrogen and oxygen atoms in total. The number of halogens is 1. The molecule has 1 atom stereocenters. The Bertz CT molecular complexity index is 562. The maximum atomic E-state index is 14.1. The Hall–Kier alpha value is -1.89. The molecule has 21 heavy (non-hydrogen) atoms. The van der Waals surface area contributed by atoms with Crippen molar-refractivity contribution < 1.29 is 9.18 Å². The van der Waals surface area contributed by atoms with E-state index in [2.05, 4.69) is 13.8 Å². The van der Waals surface area contributed by atoms with E-state index in [4.69, 9.17) is 5.26 Å². The van der Waals surface area contributed by atoms with Gasteiger partial charge in [0.25, 0.3) is 0 Å². The minimum absolute atomic E-state index is 0.0369. The van der Waals surface area contributed by atoms with Gasteiger partial charge in [0.05, 0.1) is 5.56 Å². The quantitative estimate of drug-likeness (QED) is 0.854. The third kappa shape index (κ3) is 3.60. The Morgan fingerprint density at radius 3 is 2.86 bits per heavy atom. The third-order valence-corrected chi connectivity index (χ3v) is 4.35. The molecule has 112 valence electrons. The highest BCUT2D eigenvalue weighted by molar-refractivity contribution is 5.76. The number of hydrogen-bond donors (Lipinski definition) is 0. The smallest absolute Gasteiger partial charge is 0.222 e. The fraction of sp³-hybridized carbons (Fsp3) is 0.529. The predicted molar refractivity (Wildman–Crippen MR) is 78.7 cm³/mol. The lowest BCUT2D eigenvalue weighted by atomic mass is 9.89. The normalized spacial score (nSPS) is 19.5. The summed E-state index contributed by atoms with van der Waals surface area (Å²) in [5, 5.41) is 8.87. The van der Waals surface area contributed by atoms with Crippen LogP contribution in [0.2, 0.25) is 0 Å². The van der Waals surface area contributed by atoms with E-state index in [-0.39, 0.29) is 18.0 Å². The van der Waals surface area contributed by atoms with Gasteiger partial charge in [-0.1, -0.05) is 26.0 Å². The number of hydrogen-bond acceptors (Lipinski definition) is 2.